The molecule has 3 atom stereocenters. The highest BCUT2D eigenvalue weighted by molar-refractivity contribution is 7.80. The predicted octanol–water partition coefficient (Wildman–Crippen LogP) is 4.35. The largest absolute Gasteiger partial charge is 0.348 e. The number of halogens is 3. The number of amides is 1. The molecule has 2 aliphatic rings. The topological polar surface area (TPSA) is 66.4 Å². The highest BCUT2D eigenvalue weighted by Crippen LogP contribution is 2.35. The van der Waals surface area contributed by atoms with E-state index in [0.717, 1.165) is 28.5 Å². The van der Waals surface area contributed by atoms with Gasteiger partial charge in [0.05, 0.1) is 6.42 Å². The molecule has 0 spiro atoms. The number of aromatic nitrogens is 1. The molecule has 0 radical (unpaired) electrons. The smallest absolute Gasteiger partial charge is 0.250 e. The van der Waals surface area contributed by atoms with Crippen molar-refractivity contribution < 1.29 is 4.79 Å². The van der Waals surface area contributed by atoms with Crippen molar-refractivity contribution >= 4 is 68.8 Å². The summed E-state index contributed by atoms with van der Waals surface area (Å²) in [6.07, 6.45) is 0.110. The summed E-state index contributed by atoms with van der Waals surface area (Å²) >= 11 is 24.4. The van der Waals surface area contributed by atoms with Crippen LogP contribution >= 0.6 is 47.0 Å². The summed E-state index contributed by atoms with van der Waals surface area (Å²) in [5, 5.41) is 8.33. The summed E-state index contributed by atoms with van der Waals surface area (Å²) in [7, 11) is 0. The Balaban J connectivity index is 1.27. The Bertz CT molecular complexity index is 1370. The van der Waals surface area contributed by atoms with Crippen LogP contribution in [-0.2, 0) is 17.8 Å². The zero-order chi connectivity index (χ0) is 25.4. The van der Waals surface area contributed by atoms with Crippen molar-refractivity contribution in [1.82, 2.24) is 20.1 Å². The van der Waals surface area contributed by atoms with Crippen molar-refractivity contribution in [3.05, 3.63) is 82.3 Å². The summed E-state index contributed by atoms with van der Waals surface area (Å²) in [5.74, 6) is 0.170. The number of piperidine rings is 1. The molecule has 1 aromatic heterocycles. The van der Waals surface area contributed by atoms with E-state index in [1.54, 1.807) is 12.1 Å². The van der Waals surface area contributed by atoms with Gasteiger partial charge in [0.1, 0.15) is 6.17 Å². The lowest BCUT2D eigenvalue weighted by Gasteiger charge is -2.44. The molecule has 3 heterocycles. The van der Waals surface area contributed by atoms with Gasteiger partial charge in [-0.3, -0.25) is 9.59 Å². The number of hydrogen-bond donors (Lipinski definition) is 2. The van der Waals surface area contributed by atoms with Crippen molar-refractivity contribution in [1.29, 1.82) is 0 Å². The Labute approximate surface area is 229 Å². The average molecular weight is 564 g/mol. The predicted molar refractivity (Wildman–Crippen MR) is 149 cm³/mol. The summed E-state index contributed by atoms with van der Waals surface area (Å²) in [5.41, 5.74) is 1.93. The molecule has 5 rings (SSSR count). The first-order valence-electron chi connectivity index (χ1n) is 11.8. The van der Waals surface area contributed by atoms with Gasteiger partial charge in [0.15, 0.2) is 5.11 Å². The van der Waals surface area contributed by atoms with E-state index in [-0.39, 0.29) is 29.7 Å². The van der Waals surface area contributed by atoms with Crippen LogP contribution in [0.1, 0.15) is 23.6 Å². The van der Waals surface area contributed by atoms with Crippen LogP contribution in [0.25, 0.3) is 10.8 Å². The quantitative estimate of drug-likeness (QED) is 0.281. The molecule has 1 amide bonds. The number of thiocarbonyl (C=S) groups is 1. The fourth-order valence-corrected chi connectivity index (χ4v) is 5.90. The summed E-state index contributed by atoms with van der Waals surface area (Å²) in [6.45, 7) is 1.97. The minimum atomic E-state index is -1.83. The number of pyridine rings is 1. The van der Waals surface area contributed by atoms with Crippen LogP contribution in [0.2, 0.25) is 0 Å². The molecule has 1 fully saturated rings. The van der Waals surface area contributed by atoms with Crippen molar-refractivity contribution in [3.63, 3.8) is 0 Å². The number of rotatable bonds is 4. The van der Waals surface area contributed by atoms with Gasteiger partial charge in [-0.25, -0.2) is 0 Å². The monoisotopic (exact) mass is 562 g/mol. The lowest BCUT2D eigenvalue weighted by atomic mass is 9.83. The zero-order valence-corrected chi connectivity index (χ0v) is 22.4. The Morgan fingerprint density at radius 2 is 1.75 bits per heavy atom. The zero-order valence-electron chi connectivity index (χ0n) is 19.3. The van der Waals surface area contributed by atoms with Crippen LogP contribution in [0.5, 0.6) is 0 Å². The molecule has 6 nitrogen and oxygen atoms in total. The second-order valence-electron chi connectivity index (χ2n) is 9.41. The van der Waals surface area contributed by atoms with E-state index in [0.29, 0.717) is 24.7 Å². The molecule has 1 unspecified atom stereocenters. The summed E-state index contributed by atoms with van der Waals surface area (Å²) in [4.78, 5) is 27.3. The van der Waals surface area contributed by atoms with Gasteiger partial charge >= 0.3 is 0 Å². The standard InChI is InChI=1S/C26H25Cl3N4O2S/c27-26(28,29)24(30-22(34)12-18-7-3-6-17-5-1-2-8-20(17)18)31-25(36)32-13-16-11-19(15-32)21-9-4-10-23(35)33(21)14-16/h1-10,16,19,24H,11-15H2,(H,30,34)(H,31,36)/t16-,19+,24?/m1/s1. The normalized spacial score (nSPS) is 19.9. The molecule has 2 N–H and O–H groups in total. The number of alkyl halides is 3. The van der Waals surface area contributed by atoms with E-state index >= 15 is 0 Å². The number of nitrogens with zero attached hydrogens (tertiary/aromatic N) is 2. The Morgan fingerprint density at radius 3 is 2.56 bits per heavy atom. The molecule has 1 saturated heterocycles. The molecule has 0 aliphatic carbocycles. The van der Waals surface area contributed by atoms with Crippen molar-refractivity contribution in [2.45, 2.75) is 35.3 Å². The molecule has 2 aromatic carbocycles. The first-order chi connectivity index (χ1) is 17.2. The number of carbonyl (C=O) groups excluding carboxylic acids is 1. The van der Waals surface area contributed by atoms with Crippen molar-refractivity contribution in [3.8, 4) is 0 Å². The maximum Gasteiger partial charge on any atom is 0.250 e. The maximum absolute atomic E-state index is 13.0. The average Bonchev–Trinajstić information content (AvgIpc) is 2.84. The van der Waals surface area contributed by atoms with Crippen LogP contribution in [0.4, 0.5) is 0 Å². The molecule has 2 bridgehead atoms. The summed E-state index contributed by atoms with van der Waals surface area (Å²) < 4.78 is 0.0360. The fraction of sp³-hybridized carbons (Fsp3) is 0.346. The van der Waals surface area contributed by atoms with Crippen LogP contribution in [0.3, 0.4) is 0 Å². The highest BCUT2D eigenvalue weighted by Gasteiger charge is 2.38. The van der Waals surface area contributed by atoms with E-state index in [4.69, 9.17) is 47.0 Å². The van der Waals surface area contributed by atoms with Gasteiger partial charge in [0, 0.05) is 37.3 Å². The van der Waals surface area contributed by atoms with Gasteiger partial charge in [0.25, 0.3) is 5.56 Å². The van der Waals surface area contributed by atoms with Crippen LogP contribution in [-0.4, -0.2) is 43.5 Å². The number of hydrogen-bond acceptors (Lipinski definition) is 3. The summed E-state index contributed by atoms with van der Waals surface area (Å²) in [6, 6.07) is 19.1. The second kappa shape index (κ2) is 10.2. The molecule has 36 heavy (non-hydrogen) atoms. The van der Waals surface area contributed by atoms with Crippen molar-refractivity contribution in [2.75, 3.05) is 13.1 Å². The number of likely N-dealkylation sites (tertiary alicyclic amines) is 1. The molecule has 2 aliphatic heterocycles. The lowest BCUT2D eigenvalue weighted by molar-refractivity contribution is -0.121. The van der Waals surface area contributed by atoms with Crippen LogP contribution in [0, 0.1) is 5.92 Å². The third kappa shape index (κ3) is 5.35. The Kier molecular flexibility index (Phi) is 7.18. The van der Waals surface area contributed by atoms with E-state index in [9.17, 15) is 9.59 Å². The Hall–Kier alpha value is -2.32. The lowest BCUT2D eigenvalue weighted by Crippen LogP contribution is -2.60. The number of benzene rings is 2. The first kappa shape index (κ1) is 25.3. The molecule has 10 heteroatoms. The van der Waals surface area contributed by atoms with Gasteiger partial charge in [-0.15, -0.1) is 0 Å². The van der Waals surface area contributed by atoms with Gasteiger partial charge in [-0.2, -0.15) is 0 Å². The van der Waals surface area contributed by atoms with E-state index in [1.807, 2.05) is 58.0 Å². The number of nitrogens with one attached hydrogen (secondary N) is 2. The molecular weight excluding hydrogens is 539 g/mol. The second-order valence-corrected chi connectivity index (χ2v) is 12.2. The third-order valence-corrected chi connectivity index (χ3v) is 7.93. The van der Waals surface area contributed by atoms with Crippen molar-refractivity contribution in [2.24, 2.45) is 5.92 Å². The van der Waals surface area contributed by atoms with E-state index in [1.165, 1.54) is 0 Å². The van der Waals surface area contributed by atoms with Gasteiger partial charge < -0.3 is 20.1 Å². The Morgan fingerprint density at radius 1 is 1.00 bits per heavy atom. The van der Waals surface area contributed by atoms with E-state index in [2.05, 4.69) is 10.6 Å². The number of carbonyl (C=O) groups is 1. The molecule has 0 saturated carbocycles. The minimum absolute atomic E-state index is 0.0292. The molecular formula is C26H25Cl3N4O2S. The van der Waals surface area contributed by atoms with Gasteiger partial charge in [-0.05, 0) is 47.0 Å². The third-order valence-electron chi connectivity index (χ3n) is 6.90. The first-order valence-corrected chi connectivity index (χ1v) is 13.3. The highest BCUT2D eigenvalue weighted by atomic mass is 35.6. The van der Waals surface area contributed by atoms with Gasteiger partial charge in [-0.1, -0.05) is 83.3 Å². The number of fused-ring (bicyclic) bond motifs is 5. The molecule has 188 valence electrons. The molecule has 3 aromatic rings. The fourth-order valence-electron chi connectivity index (χ4n) is 5.31. The van der Waals surface area contributed by atoms with Crippen LogP contribution in [0.15, 0.2) is 65.5 Å². The SMILES string of the molecule is O=C(Cc1cccc2ccccc12)NC(NC(=S)N1C[C@H]2C[C@@H](C1)c1cccc(=O)n1C2)C(Cl)(Cl)Cl. The maximum atomic E-state index is 13.0. The van der Waals surface area contributed by atoms with E-state index < -0.39 is 9.96 Å². The van der Waals surface area contributed by atoms with Crippen LogP contribution < -0.4 is 16.2 Å². The van der Waals surface area contributed by atoms with Gasteiger partial charge in [0.2, 0.25) is 9.70 Å². The minimum Gasteiger partial charge on any atom is -0.348 e.